The van der Waals surface area contributed by atoms with Crippen LogP contribution in [-0.4, -0.2) is 0 Å². The van der Waals surface area contributed by atoms with Crippen LogP contribution in [0.4, 0.5) is 17.1 Å². The van der Waals surface area contributed by atoms with E-state index in [0.29, 0.717) is 0 Å². The van der Waals surface area contributed by atoms with E-state index < -0.39 is 0 Å². The van der Waals surface area contributed by atoms with Crippen molar-refractivity contribution >= 4 is 82.9 Å². The number of allylic oxidation sites excluding steroid dienone is 4. The fourth-order valence-electron chi connectivity index (χ4n) is 10.4. The maximum Gasteiger partial charge on any atom is 0.143 e. The average molecular weight is 858 g/mol. The third-order valence-corrected chi connectivity index (χ3v) is 13.7. The van der Waals surface area contributed by atoms with Crippen LogP contribution < -0.4 is 4.90 Å². The Morgan fingerprint density at radius 3 is 1.82 bits per heavy atom. The van der Waals surface area contributed by atoms with Crippen LogP contribution in [0.3, 0.4) is 0 Å². The van der Waals surface area contributed by atoms with Crippen LogP contribution in [-0.2, 0) is 0 Å². The Hall–Kier alpha value is -8.66. The zero-order valence-electron chi connectivity index (χ0n) is 36.6. The van der Waals surface area contributed by atoms with Crippen LogP contribution in [0, 0.1) is 0 Å². The Morgan fingerprint density at radius 1 is 0.403 bits per heavy atom. The van der Waals surface area contributed by atoms with Gasteiger partial charge in [-0.25, -0.2) is 0 Å². The van der Waals surface area contributed by atoms with Crippen molar-refractivity contribution in [3.63, 3.8) is 0 Å². The van der Waals surface area contributed by atoms with Gasteiger partial charge in [-0.3, -0.25) is 0 Å². The summed E-state index contributed by atoms with van der Waals surface area (Å²) in [6, 6.07) is 82.6. The maximum atomic E-state index is 6.84. The van der Waals surface area contributed by atoms with Crippen molar-refractivity contribution in [3.8, 4) is 22.3 Å². The van der Waals surface area contributed by atoms with E-state index in [1.165, 1.54) is 33.2 Å². The highest BCUT2D eigenvalue weighted by Gasteiger charge is 2.24. The lowest BCUT2D eigenvalue weighted by Gasteiger charge is -2.28. The molecule has 0 saturated heterocycles. The highest BCUT2D eigenvalue weighted by atomic mass is 16.3. The molecule has 0 N–H and O–H groups in total. The van der Waals surface area contributed by atoms with Gasteiger partial charge in [-0.05, 0) is 111 Å². The van der Waals surface area contributed by atoms with Crippen molar-refractivity contribution in [3.05, 3.63) is 259 Å². The molecule has 0 saturated carbocycles. The van der Waals surface area contributed by atoms with E-state index in [2.05, 4.69) is 235 Å². The monoisotopic (exact) mass is 857 g/mol. The van der Waals surface area contributed by atoms with Crippen molar-refractivity contribution in [2.24, 2.45) is 0 Å². The zero-order valence-corrected chi connectivity index (χ0v) is 36.6. The van der Waals surface area contributed by atoms with Crippen molar-refractivity contribution < 1.29 is 8.83 Å². The molecule has 3 nitrogen and oxygen atoms in total. The molecule has 0 spiro atoms. The number of nitrogens with zero attached hydrogens (tertiary/aromatic N) is 1. The summed E-state index contributed by atoms with van der Waals surface area (Å²) in [5, 5.41) is 6.84. The Labute approximate surface area is 388 Å². The second-order valence-corrected chi connectivity index (χ2v) is 17.5. The van der Waals surface area contributed by atoms with E-state index in [4.69, 9.17) is 8.83 Å². The topological polar surface area (TPSA) is 29.5 Å². The first-order valence-corrected chi connectivity index (χ1v) is 23.1. The molecule has 0 amide bonds. The Morgan fingerprint density at radius 2 is 1.01 bits per heavy atom. The molecule has 10 aromatic carbocycles. The predicted octanol–water partition coefficient (Wildman–Crippen LogP) is 18.1. The summed E-state index contributed by atoms with van der Waals surface area (Å²) in [6.07, 6.45) is 5.74. The van der Waals surface area contributed by atoms with Crippen LogP contribution in [0.15, 0.2) is 252 Å². The van der Waals surface area contributed by atoms with E-state index in [-0.39, 0.29) is 5.92 Å². The summed E-state index contributed by atoms with van der Waals surface area (Å²) >= 11 is 0. The molecule has 0 fully saturated rings. The Bertz CT molecular complexity index is 3870. The van der Waals surface area contributed by atoms with Gasteiger partial charge in [0, 0.05) is 50.0 Å². The van der Waals surface area contributed by atoms with Gasteiger partial charge in [0.05, 0.1) is 5.69 Å². The molecule has 67 heavy (non-hydrogen) atoms. The number of hydrogen-bond acceptors (Lipinski definition) is 3. The molecule has 0 aliphatic heterocycles. The van der Waals surface area contributed by atoms with Crippen molar-refractivity contribution in [2.45, 2.75) is 12.3 Å². The molecule has 316 valence electrons. The van der Waals surface area contributed by atoms with Crippen molar-refractivity contribution in [2.75, 3.05) is 4.90 Å². The van der Waals surface area contributed by atoms with E-state index in [1.54, 1.807) is 0 Å². The van der Waals surface area contributed by atoms with Crippen molar-refractivity contribution in [1.82, 2.24) is 0 Å². The first-order valence-electron chi connectivity index (χ1n) is 23.1. The molecule has 1 aliphatic rings. The SMILES string of the molecule is C1=C(c2ccc(N(c3ccc(-c4cccc5oc6ccccc6c45)cc3)c3ccccc3-c3cccc4c3oc3cc5ccccc5cc34)cc2)C=C(c2ccccc2)C(c2ccccc2)C1. The van der Waals surface area contributed by atoms with Gasteiger partial charge in [-0.2, -0.15) is 0 Å². The molecule has 0 radical (unpaired) electrons. The van der Waals surface area contributed by atoms with Gasteiger partial charge >= 0.3 is 0 Å². The molecular weight excluding hydrogens is 815 g/mol. The average Bonchev–Trinajstić information content (AvgIpc) is 3.97. The second-order valence-electron chi connectivity index (χ2n) is 17.5. The van der Waals surface area contributed by atoms with Gasteiger partial charge in [0.15, 0.2) is 0 Å². The molecule has 0 bridgehead atoms. The van der Waals surface area contributed by atoms with Crippen LogP contribution in [0.5, 0.6) is 0 Å². The highest BCUT2D eigenvalue weighted by molar-refractivity contribution is 6.15. The second kappa shape index (κ2) is 16.1. The minimum absolute atomic E-state index is 0.288. The molecule has 3 heteroatoms. The summed E-state index contributed by atoms with van der Waals surface area (Å²) in [5.74, 6) is 0.288. The van der Waals surface area contributed by atoms with E-state index in [1.807, 2.05) is 12.1 Å². The number of anilines is 3. The fraction of sp³-hybridized carbons (Fsp3) is 0.0312. The van der Waals surface area contributed by atoms with E-state index in [0.717, 1.165) is 95.0 Å². The number of benzene rings is 10. The van der Waals surface area contributed by atoms with Gasteiger partial charge in [0.1, 0.15) is 22.3 Å². The van der Waals surface area contributed by atoms with Gasteiger partial charge < -0.3 is 13.7 Å². The van der Waals surface area contributed by atoms with Gasteiger partial charge in [0.2, 0.25) is 0 Å². The smallest absolute Gasteiger partial charge is 0.143 e. The zero-order chi connectivity index (χ0) is 44.3. The lowest BCUT2D eigenvalue weighted by Crippen LogP contribution is -2.11. The fourth-order valence-corrected chi connectivity index (χ4v) is 10.4. The number of hydrogen-bond donors (Lipinski definition) is 0. The predicted molar refractivity (Wildman–Crippen MR) is 280 cm³/mol. The number of para-hydroxylation sites is 3. The molecular formula is C64H43NO2. The standard InChI is InChI=1S/C64H43NO2/c1-3-15-43(16-4-1)51-38-33-48(39-57(51)44-17-5-2-6-18-44)42-29-34-49(35-30-42)65(50-36-31-45(32-37-50)52-23-14-28-61-63(52)56-22-10-12-27-60(56)66-61)59-26-11-9-21-53(59)54-24-13-25-55-58-40-46-19-7-8-20-47(46)41-62(58)67-64(54)55/h1-37,39-41,51H,38H2. The third kappa shape index (κ3) is 6.75. The highest BCUT2D eigenvalue weighted by Crippen LogP contribution is 2.47. The summed E-state index contributed by atoms with van der Waals surface area (Å²) in [7, 11) is 0. The van der Waals surface area contributed by atoms with Gasteiger partial charge in [0.25, 0.3) is 0 Å². The molecule has 12 aromatic rings. The summed E-state index contributed by atoms with van der Waals surface area (Å²) in [5.41, 5.74) is 17.5. The van der Waals surface area contributed by atoms with E-state index >= 15 is 0 Å². The van der Waals surface area contributed by atoms with Gasteiger partial charge in [-0.1, -0.05) is 188 Å². The molecule has 13 rings (SSSR count). The maximum absolute atomic E-state index is 6.84. The Balaban J connectivity index is 0.943. The first kappa shape index (κ1) is 38.8. The third-order valence-electron chi connectivity index (χ3n) is 13.7. The van der Waals surface area contributed by atoms with Crippen LogP contribution in [0.1, 0.15) is 29.0 Å². The quantitative estimate of drug-likeness (QED) is 0.152. The number of rotatable bonds is 8. The van der Waals surface area contributed by atoms with Crippen LogP contribution >= 0.6 is 0 Å². The molecule has 1 unspecified atom stereocenters. The normalized spacial score (nSPS) is 13.9. The van der Waals surface area contributed by atoms with Crippen molar-refractivity contribution in [1.29, 1.82) is 0 Å². The van der Waals surface area contributed by atoms with Crippen LogP contribution in [0.25, 0.3) is 88.0 Å². The van der Waals surface area contributed by atoms with Crippen LogP contribution in [0.2, 0.25) is 0 Å². The summed E-state index contributed by atoms with van der Waals surface area (Å²) < 4.78 is 13.1. The molecule has 2 aromatic heterocycles. The molecule has 1 aliphatic carbocycles. The molecule has 1 atom stereocenters. The summed E-state index contributed by atoms with van der Waals surface area (Å²) in [4.78, 5) is 2.39. The number of furan rings is 2. The minimum Gasteiger partial charge on any atom is -0.456 e. The largest absolute Gasteiger partial charge is 0.456 e. The Kier molecular flexibility index (Phi) is 9.31. The van der Waals surface area contributed by atoms with E-state index in [9.17, 15) is 0 Å². The van der Waals surface area contributed by atoms with Gasteiger partial charge in [-0.15, -0.1) is 0 Å². The first-order chi connectivity index (χ1) is 33.2. The lowest BCUT2D eigenvalue weighted by atomic mass is 9.79. The number of fused-ring (bicyclic) bond motifs is 7. The summed E-state index contributed by atoms with van der Waals surface area (Å²) in [6.45, 7) is 0. The molecule has 2 heterocycles. The minimum atomic E-state index is 0.288. The lowest BCUT2D eigenvalue weighted by molar-refractivity contribution is 0.669.